The van der Waals surface area contributed by atoms with E-state index in [-0.39, 0.29) is 18.0 Å². The van der Waals surface area contributed by atoms with Crippen LogP contribution in [0.15, 0.2) is 18.2 Å². The second-order valence-electron chi connectivity index (χ2n) is 4.32. The molecule has 21 heavy (non-hydrogen) atoms. The Morgan fingerprint density at radius 1 is 1.43 bits per heavy atom. The van der Waals surface area contributed by atoms with Crippen molar-refractivity contribution < 1.29 is 9.66 Å². The van der Waals surface area contributed by atoms with Crippen molar-refractivity contribution in [3.63, 3.8) is 0 Å². The summed E-state index contributed by atoms with van der Waals surface area (Å²) in [7, 11) is 0. The van der Waals surface area contributed by atoms with Crippen molar-refractivity contribution in [3.8, 4) is 5.75 Å². The number of ether oxygens (including phenoxy) is 1. The van der Waals surface area contributed by atoms with Gasteiger partial charge in [-0.1, -0.05) is 23.2 Å². The fourth-order valence-corrected chi connectivity index (χ4v) is 2.23. The summed E-state index contributed by atoms with van der Waals surface area (Å²) in [5.74, 6) is 0.239. The van der Waals surface area contributed by atoms with Crippen molar-refractivity contribution in [2.45, 2.75) is 27.0 Å². The van der Waals surface area contributed by atoms with Gasteiger partial charge in [-0.3, -0.25) is 14.8 Å². The molecule has 0 amide bonds. The van der Waals surface area contributed by atoms with E-state index in [0.717, 1.165) is 0 Å². The van der Waals surface area contributed by atoms with E-state index in [0.29, 0.717) is 28.0 Å². The van der Waals surface area contributed by atoms with Crippen LogP contribution in [0.1, 0.15) is 18.3 Å². The number of hydrogen-bond donors (Lipinski definition) is 0. The Balaban J connectivity index is 2.24. The van der Waals surface area contributed by atoms with E-state index in [1.807, 2.05) is 6.92 Å². The van der Waals surface area contributed by atoms with E-state index in [1.165, 1.54) is 18.2 Å². The van der Waals surface area contributed by atoms with Crippen LogP contribution in [-0.2, 0) is 13.2 Å². The van der Waals surface area contributed by atoms with Crippen LogP contribution in [0.4, 0.5) is 5.69 Å². The van der Waals surface area contributed by atoms with Gasteiger partial charge in [0, 0.05) is 12.6 Å². The summed E-state index contributed by atoms with van der Waals surface area (Å²) in [6, 6.07) is 4.04. The van der Waals surface area contributed by atoms with Crippen LogP contribution in [0.3, 0.4) is 0 Å². The molecule has 0 N–H and O–H groups in total. The first-order valence-corrected chi connectivity index (χ1v) is 6.98. The Bertz CT molecular complexity index is 686. The molecule has 1 aromatic carbocycles. The third-order valence-corrected chi connectivity index (χ3v) is 3.75. The molecule has 0 aliphatic rings. The topological polar surface area (TPSA) is 70.2 Å². The van der Waals surface area contributed by atoms with Gasteiger partial charge in [-0.2, -0.15) is 5.10 Å². The minimum atomic E-state index is -0.503. The standard InChI is InChI=1S/C13H13Cl2N3O3/c1-3-17-11(13(15)8(2)16-17)7-21-12-6-9(18(19)20)4-5-10(12)14/h4-6H,3,7H2,1-2H3. The van der Waals surface area contributed by atoms with Crippen LogP contribution in [0.5, 0.6) is 5.75 Å². The van der Waals surface area contributed by atoms with E-state index in [9.17, 15) is 10.1 Å². The first-order valence-electron chi connectivity index (χ1n) is 6.22. The first kappa shape index (κ1) is 15.6. The monoisotopic (exact) mass is 329 g/mol. The van der Waals surface area contributed by atoms with E-state index in [1.54, 1.807) is 11.6 Å². The van der Waals surface area contributed by atoms with E-state index in [2.05, 4.69) is 5.10 Å². The largest absolute Gasteiger partial charge is 0.485 e. The molecule has 0 spiro atoms. The van der Waals surface area contributed by atoms with Gasteiger partial charge in [-0.15, -0.1) is 0 Å². The molecule has 1 heterocycles. The van der Waals surface area contributed by atoms with Crippen molar-refractivity contribution in [2.24, 2.45) is 0 Å². The Morgan fingerprint density at radius 3 is 2.76 bits per heavy atom. The maximum absolute atomic E-state index is 10.8. The van der Waals surface area contributed by atoms with Crippen LogP contribution < -0.4 is 4.74 Å². The lowest BCUT2D eigenvalue weighted by Crippen LogP contribution is -2.07. The smallest absolute Gasteiger partial charge is 0.273 e. The van der Waals surface area contributed by atoms with Crippen molar-refractivity contribution in [3.05, 3.63) is 49.7 Å². The summed E-state index contributed by atoms with van der Waals surface area (Å²) < 4.78 is 7.29. The molecule has 0 aliphatic carbocycles. The lowest BCUT2D eigenvalue weighted by Gasteiger charge is -2.09. The van der Waals surface area contributed by atoms with E-state index < -0.39 is 4.92 Å². The van der Waals surface area contributed by atoms with Gasteiger partial charge in [-0.25, -0.2) is 0 Å². The molecule has 0 bridgehead atoms. The molecule has 112 valence electrons. The molecule has 0 saturated heterocycles. The Morgan fingerprint density at radius 2 is 2.14 bits per heavy atom. The molecule has 0 radical (unpaired) electrons. The maximum Gasteiger partial charge on any atom is 0.273 e. The van der Waals surface area contributed by atoms with Crippen LogP contribution in [-0.4, -0.2) is 14.7 Å². The number of nitro benzene ring substituents is 1. The molecule has 6 nitrogen and oxygen atoms in total. The lowest BCUT2D eigenvalue weighted by molar-refractivity contribution is -0.384. The summed E-state index contributed by atoms with van der Waals surface area (Å²) in [6.45, 7) is 4.52. The predicted molar refractivity (Wildman–Crippen MR) is 80.1 cm³/mol. The summed E-state index contributed by atoms with van der Waals surface area (Å²) in [6.07, 6.45) is 0. The second-order valence-corrected chi connectivity index (χ2v) is 5.11. The van der Waals surface area contributed by atoms with E-state index >= 15 is 0 Å². The SMILES string of the molecule is CCn1nc(C)c(Cl)c1COc1cc([N+](=O)[O-])ccc1Cl. The third-order valence-electron chi connectivity index (χ3n) is 2.94. The zero-order chi connectivity index (χ0) is 15.6. The van der Waals surface area contributed by atoms with Gasteiger partial charge in [0.2, 0.25) is 0 Å². The third kappa shape index (κ3) is 3.28. The average Bonchev–Trinajstić information content (AvgIpc) is 2.73. The minimum Gasteiger partial charge on any atom is -0.485 e. The molecule has 8 heteroatoms. The average molecular weight is 330 g/mol. The zero-order valence-electron chi connectivity index (χ0n) is 11.5. The Hall–Kier alpha value is -1.79. The first-order chi connectivity index (χ1) is 9.93. The van der Waals surface area contributed by atoms with Gasteiger partial charge >= 0.3 is 0 Å². The molecular weight excluding hydrogens is 317 g/mol. The van der Waals surface area contributed by atoms with Gasteiger partial charge in [0.15, 0.2) is 0 Å². The molecular formula is C13H13Cl2N3O3. The fourth-order valence-electron chi connectivity index (χ4n) is 1.87. The van der Waals surface area contributed by atoms with Gasteiger partial charge < -0.3 is 4.74 Å². The van der Waals surface area contributed by atoms with Gasteiger partial charge in [0.25, 0.3) is 5.69 Å². The highest BCUT2D eigenvalue weighted by Gasteiger charge is 2.15. The minimum absolute atomic E-state index is 0.0827. The highest BCUT2D eigenvalue weighted by Crippen LogP contribution is 2.30. The molecule has 0 saturated carbocycles. The van der Waals surface area contributed by atoms with Crippen LogP contribution in [0, 0.1) is 17.0 Å². The second kappa shape index (κ2) is 6.32. The number of benzene rings is 1. The number of hydrogen-bond acceptors (Lipinski definition) is 4. The highest BCUT2D eigenvalue weighted by atomic mass is 35.5. The van der Waals surface area contributed by atoms with Gasteiger partial charge in [0.1, 0.15) is 12.4 Å². The van der Waals surface area contributed by atoms with Crippen LogP contribution >= 0.6 is 23.2 Å². The number of halogens is 2. The number of nitrogens with zero attached hydrogens (tertiary/aromatic N) is 3. The quantitative estimate of drug-likeness (QED) is 0.613. The molecule has 1 aromatic heterocycles. The predicted octanol–water partition coefficient (Wildman–Crippen LogP) is 4.01. The number of non-ortho nitro benzene ring substituents is 1. The maximum atomic E-state index is 10.8. The van der Waals surface area contributed by atoms with Crippen molar-refractivity contribution >= 4 is 28.9 Å². The molecule has 2 aromatic rings. The molecule has 0 aliphatic heterocycles. The van der Waals surface area contributed by atoms with Gasteiger partial charge in [0.05, 0.1) is 32.4 Å². The number of rotatable bonds is 5. The normalized spacial score (nSPS) is 10.7. The van der Waals surface area contributed by atoms with E-state index in [4.69, 9.17) is 27.9 Å². The zero-order valence-corrected chi connectivity index (χ0v) is 13.0. The Kier molecular flexibility index (Phi) is 4.69. The van der Waals surface area contributed by atoms with Gasteiger partial charge in [-0.05, 0) is 19.9 Å². The summed E-state index contributed by atoms with van der Waals surface area (Å²) in [5, 5.41) is 15.9. The summed E-state index contributed by atoms with van der Waals surface area (Å²) in [5.41, 5.74) is 1.34. The van der Waals surface area contributed by atoms with Crippen LogP contribution in [0.2, 0.25) is 10.0 Å². The van der Waals surface area contributed by atoms with Crippen molar-refractivity contribution in [2.75, 3.05) is 0 Å². The summed E-state index contributed by atoms with van der Waals surface area (Å²) in [4.78, 5) is 10.3. The van der Waals surface area contributed by atoms with Crippen molar-refractivity contribution in [1.29, 1.82) is 0 Å². The Labute approximate surface area is 131 Å². The summed E-state index contributed by atoms with van der Waals surface area (Å²) >= 11 is 12.2. The molecule has 2 rings (SSSR count). The van der Waals surface area contributed by atoms with Crippen LogP contribution in [0.25, 0.3) is 0 Å². The molecule has 0 unspecified atom stereocenters. The number of aryl methyl sites for hydroxylation is 2. The van der Waals surface area contributed by atoms with Crippen molar-refractivity contribution in [1.82, 2.24) is 9.78 Å². The number of nitro groups is 1. The molecule has 0 atom stereocenters. The fraction of sp³-hybridized carbons (Fsp3) is 0.308. The number of aromatic nitrogens is 2. The highest BCUT2D eigenvalue weighted by molar-refractivity contribution is 6.32. The molecule has 0 fully saturated rings. The lowest BCUT2D eigenvalue weighted by atomic mass is 10.3.